The van der Waals surface area contributed by atoms with Crippen molar-refractivity contribution in [3.8, 4) is 16.9 Å². The molecule has 0 aromatic heterocycles. The van der Waals surface area contributed by atoms with E-state index in [2.05, 4.69) is 0 Å². The molecule has 1 atom stereocenters. The van der Waals surface area contributed by atoms with Gasteiger partial charge in [-0.3, -0.25) is 0 Å². The Morgan fingerprint density at radius 2 is 1.52 bits per heavy atom. The van der Waals surface area contributed by atoms with Gasteiger partial charge in [0.1, 0.15) is 12.4 Å². The number of nitrogens with zero attached hydrogens (tertiary/aromatic N) is 2. The zero-order valence-electron chi connectivity index (χ0n) is 17.3. The standard InChI is InChI=1S/C24H20N2O7/c27-16-11-9-15(10-12-16)13-22(23(28)29)25(26(31)32)24(30)33-14-21-19-7-3-1-5-17(19)18-6-2-4-8-20(18)21/h1-12,21-22,27H,13-14H2,(H,28,29)/t22-/m0/s1. The molecule has 0 fully saturated rings. The molecule has 2 N–H and O–H groups in total. The molecule has 1 amide bonds. The highest BCUT2D eigenvalue weighted by Crippen LogP contribution is 2.44. The number of benzene rings is 3. The fourth-order valence-electron chi connectivity index (χ4n) is 4.10. The lowest BCUT2D eigenvalue weighted by Crippen LogP contribution is -2.50. The Balaban J connectivity index is 1.54. The van der Waals surface area contributed by atoms with E-state index in [4.69, 9.17) is 4.74 Å². The van der Waals surface area contributed by atoms with Gasteiger partial charge in [-0.15, -0.1) is 0 Å². The fraction of sp³-hybridized carbons (Fsp3) is 0.167. The number of carbonyl (C=O) groups excluding carboxylic acids is 1. The molecule has 0 spiro atoms. The van der Waals surface area contributed by atoms with E-state index in [1.807, 2.05) is 48.5 Å². The number of carboxylic acids is 1. The molecule has 0 heterocycles. The van der Waals surface area contributed by atoms with E-state index >= 15 is 0 Å². The van der Waals surface area contributed by atoms with Crippen molar-refractivity contribution in [1.82, 2.24) is 5.01 Å². The van der Waals surface area contributed by atoms with Gasteiger partial charge in [-0.1, -0.05) is 60.7 Å². The summed E-state index contributed by atoms with van der Waals surface area (Å²) in [6.45, 7) is -0.178. The summed E-state index contributed by atoms with van der Waals surface area (Å²) in [7, 11) is 0. The molecule has 0 saturated heterocycles. The van der Waals surface area contributed by atoms with Crippen LogP contribution in [0.3, 0.4) is 0 Å². The number of amides is 1. The second-order valence-corrected chi connectivity index (χ2v) is 7.61. The first kappa shape index (κ1) is 21.8. The lowest BCUT2D eigenvalue weighted by atomic mass is 9.98. The van der Waals surface area contributed by atoms with Crippen molar-refractivity contribution in [3.63, 3.8) is 0 Å². The van der Waals surface area contributed by atoms with E-state index in [1.165, 1.54) is 24.3 Å². The number of hydrazine groups is 1. The number of hydrogen-bond donors (Lipinski definition) is 2. The average Bonchev–Trinajstić information content (AvgIpc) is 3.12. The van der Waals surface area contributed by atoms with E-state index < -0.39 is 23.1 Å². The molecule has 3 aromatic rings. The van der Waals surface area contributed by atoms with Crippen LogP contribution >= 0.6 is 0 Å². The van der Waals surface area contributed by atoms with Crippen LogP contribution in [-0.2, 0) is 16.0 Å². The third-order valence-electron chi connectivity index (χ3n) is 5.64. The lowest BCUT2D eigenvalue weighted by molar-refractivity contribution is -0.641. The summed E-state index contributed by atoms with van der Waals surface area (Å²) in [5.41, 5.74) is 4.25. The van der Waals surface area contributed by atoms with Crippen molar-refractivity contribution in [1.29, 1.82) is 0 Å². The van der Waals surface area contributed by atoms with Crippen molar-refractivity contribution in [2.24, 2.45) is 0 Å². The minimum atomic E-state index is -1.79. The van der Waals surface area contributed by atoms with Gasteiger partial charge in [0.15, 0.2) is 5.03 Å². The normalized spacial score (nSPS) is 13.0. The average molecular weight is 448 g/mol. The largest absolute Gasteiger partial charge is 0.508 e. The van der Waals surface area contributed by atoms with Gasteiger partial charge in [0, 0.05) is 12.3 Å². The van der Waals surface area contributed by atoms with Crippen molar-refractivity contribution >= 4 is 12.1 Å². The molecule has 4 rings (SSSR count). The summed E-state index contributed by atoms with van der Waals surface area (Å²) in [6, 6.07) is 19.0. The summed E-state index contributed by atoms with van der Waals surface area (Å²) >= 11 is 0. The van der Waals surface area contributed by atoms with Crippen LogP contribution in [0.25, 0.3) is 11.1 Å². The number of nitro groups is 1. The molecule has 9 heteroatoms. The van der Waals surface area contributed by atoms with Gasteiger partial charge in [0.05, 0.1) is 0 Å². The predicted molar refractivity (Wildman–Crippen MR) is 117 cm³/mol. The number of rotatable bonds is 7. The third kappa shape index (κ3) is 4.33. The third-order valence-corrected chi connectivity index (χ3v) is 5.64. The number of fused-ring (bicyclic) bond motifs is 3. The minimum absolute atomic E-state index is 0.00194. The van der Waals surface area contributed by atoms with E-state index in [9.17, 15) is 29.9 Å². The highest BCUT2D eigenvalue weighted by Gasteiger charge is 2.41. The van der Waals surface area contributed by atoms with Crippen LogP contribution in [0.2, 0.25) is 0 Å². The molecule has 9 nitrogen and oxygen atoms in total. The number of ether oxygens (including phenoxy) is 1. The van der Waals surface area contributed by atoms with Crippen LogP contribution < -0.4 is 0 Å². The predicted octanol–water partition coefficient (Wildman–Crippen LogP) is 3.83. The maximum atomic E-state index is 12.7. The van der Waals surface area contributed by atoms with Crippen molar-refractivity contribution in [3.05, 3.63) is 99.6 Å². The van der Waals surface area contributed by atoms with E-state index in [0.29, 0.717) is 5.56 Å². The number of aliphatic carboxylic acids is 1. The zero-order chi connectivity index (χ0) is 23.5. The smallest absolute Gasteiger partial charge is 0.469 e. The molecule has 0 aliphatic heterocycles. The molecule has 3 aromatic carbocycles. The second-order valence-electron chi connectivity index (χ2n) is 7.61. The summed E-state index contributed by atoms with van der Waals surface area (Å²) < 4.78 is 5.29. The Bertz CT molecular complexity index is 1160. The van der Waals surface area contributed by atoms with Crippen LogP contribution in [-0.4, -0.2) is 45.0 Å². The molecule has 33 heavy (non-hydrogen) atoms. The number of carbonyl (C=O) groups is 2. The molecular weight excluding hydrogens is 428 g/mol. The van der Waals surface area contributed by atoms with Gasteiger partial charge in [-0.25, -0.2) is 19.7 Å². The molecule has 1 aliphatic rings. The summed E-state index contributed by atoms with van der Waals surface area (Å²) in [5, 5.41) is 29.6. The number of hydrogen-bond acceptors (Lipinski definition) is 6. The Morgan fingerprint density at radius 1 is 0.970 bits per heavy atom. The SMILES string of the molecule is O=C(O)[C@H](Cc1ccc(O)cc1)N(C(=O)OCC1c2ccccc2-c2ccccc21)[N+](=O)[O-]. The first-order chi connectivity index (χ1) is 15.9. The van der Waals surface area contributed by atoms with Gasteiger partial charge in [-0.2, -0.15) is 0 Å². The quantitative estimate of drug-likeness (QED) is 0.415. The first-order valence-electron chi connectivity index (χ1n) is 10.2. The molecule has 0 bridgehead atoms. The Labute approximate surface area is 188 Å². The van der Waals surface area contributed by atoms with Crippen LogP contribution in [0, 0.1) is 10.1 Å². The lowest BCUT2D eigenvalue weighted by Gasteiger charge is -2.21. The van der Waals surface area contributed by atoms with Crippen LogP contribution in [0.1, 0.15) is 22.6 Å². The Hall–Kier alpha value is -4.40. The molecule has 0 saturated carbocycles. The Kier molecular flexibility index (Phi) is 5.95. The van der Waals surface area contributed by atoms with Gasteiger partial charge < -0.3 is 14.9 Å². The molecule has 0 radical (unpaired) electrons. The monoisotopic (exact) mass is 448 g/mol. The number of aromatic hydroxyl groups is 1. The highest BCUT2D eigenvalue weighted by atomic mass is 16.7. The van der Waals surface area contributed by atoms with E-state index in [-0.39, 0.29) is 29.7 Å². The van der Waals surface area contributed by atoms with Crippen LogP contribution in [0.15, 0.2) is 72.8 Å². The molecular formula is C24H20N2O7. The summed E-state index contributed by atoms with van der Waals surface area (Å²) in [5.74, 6) is -1.91. The van der Waals surface area contributed by atoms with Crippen molar-refractivity contribution in [2.75, 3.05) is 6.61 Å². The van der Waals surface area contributed by atoms with E-state index in [0.717, 1.165) is 22.3 Å². The number of phenolic OH excluding ortho intramolecular Hbond substituents is 1. The van der Waals surface area contributed by atoms with Crippen LogP contribution in [0.5, 0.6) is 5.75 Å². The van der Waals surface area contributed by atoms with E-state index in [1.54, 1.807) is 0 Å². The molecule has 168 valence electrons. The number of phenols is 1. The van der Waals surface area contributed by atoms with Crippen LogP contribution in [0.4, 0.5) is 4.79 Å². The van der Waals surface area contributed by atoms with Crippen molar-refractivity contribution < 1.29 is 29.6 Å². The maximum Gasteiger partial charge on any atom is 0.469 e. The van der Waals surface area contributed by atoms with Gasteiger partial charge in [0.25, 0.3) is 0 Å². The molecule has 1 aliphatic carbocycles. The summed E-state index contributed by atoms with van der Waals surface area (Å²) in [6.07, 6.45) is -1.69. The van der Waals surface area contributed by atoms with Crippen molar-refractivity contribution in [2.45, 2.75) is 18.4 Å². The van der Waals surface area contributed by atoms with Gasteiger partial charge in [0.2, 0.25) is 6.04 Å². The number of carboxylic acid groups (broad SMARTS) is 1. The zero-order valence-corrected chi connectivity index (χ0v) is 17.3. The van der Waals surface area contributed by atoms with Gasteiger partial charge in [-0.05, 0) is 45.0 Å². The minimum Gasteiger partial charge on any atom is -0.508 e. The maximum absolute atomic E-state index is 12.7. The second kappa shape index (κ2) is 8.99. The molecule has 0 unspecified atom stereocenters. The topological polar surface area (TPSA) is 130 Å². The summed E-state index contributed by atoms with van der Waals surface area (Å²) in [4.78, 5) is 36.2. The van der Waals surface area contributed by atoms with Gasteiger partial charge >= 0.3 is 12.1 Å². The fourth-order valence-corrected chi connectivity index (χ4v) is 4.10. The first-order valence-corrected chi connectivity index (χ1v) is 10.2. The highest BCUT2D eigenvalue weighted by molar-refractivity contribution is 5.80. The Morgan fingerprint density at radius 3 is 2.03 bits per heavy atom.